The van der Waals surface area contributed by atoms with E-state index >= 15 is 0 Å². The number of carbonyl (C=O) groups is 1. The fourth-order valence-corrected chi connectivity index (χ4v) is 2.43. The normalized spacial score (nSPS) is 12.2. The summed E-state index contributed by atoms with van der Waals surface area (Å²) in [5, 5.41) is 2.96. The molecule has 1 heterocycles. The molecule has 0 aliphatic carbocycles. The minimum absolute atomic E-state index is 0.0876. The van der Waals surface area contributed by atoms with Gasteiger partial charge in [-0.1, -0.05) is 36.4 Å². The first-order valence-electron chi connectivity index (χ1n) is 7.50. The molecule has 0 saturated carbocycles. The van der Waals surface area contributed by atoms with Crippen molar-refractivity contribution in [1.29, 1.82) is 0 Å². The van der Waals surface area contributed by atoms with E-state index < -0.39 is 0 Å². The van der Waals surface area contributed by atoms with Crippen LogP contribution >= 0.6 is 0 Å². The highest BCUT2D eigenvalue weighted by Gasteiger charge is 2.13. The number of ether oxygens (including phenoxy) is 2. The highest BCUT2D eigenvalue weighted by Crippen LogP contribution is 2.32. The Morgan fingerprint density at radius 3 is 2.64 bits per heavy atom. The minimum atomic E-state index is 0.0876. The predicted molar refractivity (Wildman–Crippen MR) is 84.0 cm³/mol. The molecule has 2 aromatic carbocycles. The number of hydrogen-bond donors (Lipinski definition) is 1. The van der Waals surface area contributed by atoms with E-state index in [-0.39, 0.29) is 12.7 Å². The van der Waals surface area contributed by atoms with E-state index in [1.54, 1.807) is 0 Å². The molecule has 0 aromatic heterocycles. The summed E-state index contributed by atoms with van der Waals surface area (Å²) in [6.07, 6.45) is 2.08. The van der Waals surface area contributed by atoms with E-state index in [9.17, 15) is 4.79 Å². The van der Waals surface area contributed by atoms with Gasteiger partial charge in [0.05, 0.1) is 0 Å². The monoisotopic (exact) mass is 297 g/mol. The van der Waals surface area contributed by atoms with Crippen LogP contribution in [0.1, 0.15) is 17.5 Å². The number of carbonyl (C=O) groups excluding carboxylic acids is 1. The van der Waals surface area contributed by atoms with Gasteiger partial charge in [-0.15, -0.1) is 0 Å². The molecule has 0 bridgehead atoms. The average Bonchev–Trinajstić information content (AvgIpc) is 3.02. The highest BCUT2D eigenvalue weighted by atomic mass is 16.7. The maximum atomic E-state index is 11.8. The Hall–Kier alpha value is -2.49. The predicted octanol–water partition coefficient (Wildman–Crippen LogP) is 2.71. The van der Waals surface area contributed by atoms with Gasteiger partial charge in [0.1, 0.15) is 0 Å². The topological polar surface area (TPSA) is 47.6 Å². The lowest BCUT2D eigenvalue weighted by Gasteiger charge is -2.06. The third kappa shape index (κ3) is 3.79. The lowest BCUT2D eigenvalue weighted by Crippen LogP contribution is -2.25. The van der Waals surface area contributed by atoms with Crippen molar-refractivity contribution in [2.75, 3.05) is 13.3 Å². The SMILES string of the molecule is O=C(CCc1ccccc1)NCCc1ccc2c(c1)OCO2. The van der Waals surface area contributed by atoms with E-state index in [0.717, 1.165) is 29.9 Å². The van der Waals surface area contributed by atoms with Crippen LogP contribution in [-0.4, -0.2) is 19.2 Å². The molecule has 1 aliphatic heterocycles. The van der Waals surface area contributed by atoms with Crippen LogP contribution < -0.4 is 14.8 Å². The summed E-state index contributed by atoms with van der Waals surface area (Å²) in [6.45, 7) is 0.919. The molecular formula is C18H19NO3. The van der Waals surface area contributed by atoms with Gasteiger partial charge in [-0.25, -0.2) is 0 Å². The van der Waals surface area contributed by atoms with Crippen LogP contribution in [0, 0.1) is 0 Å². The molecule has 2 aromatic rings. The molecule has 1 aliphatic rings. The second-order valence-corrected chi connectivity index (χ2v) is 5.27. The number of benzene rings is 2. The molecule has 1 amide bonds. The van der Waals surface area contributed by atoms with Gasteiger partial charge in [0.15, 0.2) is 11.5 Å². The average molecular weight is 297 g/mol. The number of amides is 1. The Labute approximate surface area is 130 Å². The summed E-state index contributed by atoms with van der Waals surface area (Å²) in [6, 6.07) is 15.9. The molecule has 3 rings (SSSR count). The first-order chi connectivity index (χ1) is 10.8. The van der Waals surface area contributed by atoms with Crippen molar-refractivity contribution in [3.8, 4) is 11.5 Å². The highest BCUT2D eigenvalue weighted by molar-refractivity contribution is 5.76. The largest absolute Gasteiger partial charge is 0.454 e. The molecule has 1 N–H and O–H groups in total. The summed E-state index contributed by atoms with van der Waals surface area (Å²) in [4.78, 5) is 11.8. The number of aryl methyl sites for hydroxylation is 1. The Morgan fingerprint density at radius 1 is 0.955 bits per heavy atom. The van der Waals surface area contributed by atoms with Crippen LogP contribution in [0.25, 0.3) is 0 Å². The Morgan fingerprint density at radius 2 is 1.77 bits per heavy atom. The zero-order valence-corrected chi connectivity index (χ0v) is 12.4. The van der Waals surface area contributed by atoms with Crippen molar-refractivity contribution in [2.45, 2.75) is 19.3 Å². The second kappa shape index (κ2) is 6.98. The first-order valence-corrected chi connectivity index (χ1v) is 7.50. The van der Waals surface area contributed by atoms with Gasteiger partial charge < -0.3 is 14.8 Å². The smallest absolute Gasteiger partial charge is 0.231 e. The fourth-order valence-electron chi connectivity index (χ4n) is 2.43. The molecule has 0 spiro atoms. The maximum absolute atomic E-state index is 11.8. The molecule has 4 nitrogen and oxygen atoms in total. The lowest BCUT2D eigenvalue weighted by atomic mass is 10.1. The lowest BCUT2D eigenvalue weighted by molar-refractivity contribution is -0.121. The summed E-state index contributed by atoms with van der Waals surface area (Å²) in [7, 11) is 0. The van der Waals surface area contributed by atoms with E-state index in [1.165, 1.54) is 5.56 Å². The van der Waals surface area contributed by atoms with Crippen molar-refractivity contribution in [3.63, 3.8) is 0 Å². The first kappa shape index (κ1) is 14.4. The van der Waals surface area contributed by atoms with Crippen LogP contribution in [0.2, 0.25) is 0 Å². The fraction of sp³-hybridized carbons (Fsp3) is 0.278. The van der Waals surface area contributed by atoms with E-state index in [0.29, 0.717) is 13.0 Å². The van der Waals surface area contributed by atoms with Gasteiger partial charge in [0.2, 0.25) is 12.7 Å². The zero-order chi connectivity index (χ0) is 15.2. The summed E-state index contributed by atoms with van der Waals surface area (Å²) in [5.41, 5.74) is 2.32. The van der Waals surface area contributed by atoms with Crippen LogP contribution in [-0.2, 0) is 17.6 Å². The summed E-state index contributed by atoms with van der Waals surface area (Å²) >= 11 is 0. The number of nitrogens with one attached hydrogen (secondary N) is 1. The molecule has 0 atom stereocenters. The standard InChI is InChI=1S/C18H19NO3/c20-18(9-7-14-4-2-1-3-5-14)19-11-10-15-6-8-16-17(12-15)22-13-21-16/h1-6,8,12H,7,9-11,13H2,(H,19,20). The van der Waals surface area contributed by atoms with Crippen molar-refractivity contribution in [1.82, 2.24) is 5.32 Å². The minimum Gasteiger partial charge on any atom is -0.454 e. The van der Waals surface area contributed by atoms with Gasteiger partial charge in [-0.05, 0) is 36.1 Å². The second-order valence-electron chi connectivity index (χ2n) is 5.27. The quantitative estimate of drug-likeness (QED) is 0.892. The number of fused-ring (bicyclic) bond motifs is 1. The van der Waals surface area contributed by atoms with Crippen LogP contribution in [0.15, 0.2) is 48.5 Å². The van der Waals surface area contributed by atoms with Crippen molar-refractivity contribution in [3.05, 3.63) is 59.7 Å². The molecule has 4 heteroatoms. The Balaban J connectivity index is 1.40. The van der Waals surface area contributed by atoms with Crippen LogP contribution in [0.5, 0.6) is 11.5 Å². The van der Waals surface area contributed by atoms with Crippen molar-refractivity contribution < 1.29 is 14.3 Å². The summed E-state index contributed by atoms with van der Waals surface area (Å²) < 4.78 is 10.6. The zero-order valence-electron chi connectivity index (χ0n) is 12.4. The molecule has 0 saturated heterocycles. The molecule has 0 radical (unpaired) electrons. The molecule has 0 fully saturated rings. The number of hydrogen-bond acceptors (Lipinski definition) is 3. The Bertz CT molecular complexity index is 640. The van der Waals surface area contributed by atoms with E-state index in [1.807, 2.05) is 48.5 Å². The van der Waals surface area contributed by atoms with Crippen molar-refractivity contribution >= 4 is 5.91 Å². The van der Waals surface area contributed by atoms with E-state index in [4.69, 9.17) is 9.47 Å². The van der Waals surface area contributed by atoms with Gasteiger partial charge in [0, 0.05) is 13.0 Å². The van der Waals surface area contributed by atoms with Crippen LogP contribution in [0.3, 0.4) is 0 Å². The van der Waals surface area contributed by atoms with Gasteiger partial charge in [-0.2, -0.15) is 0 Å². The maximum Gasteiger partial charge on any atom is 0.231 e. The van der Waals surface area contributed by atoms with Crippen LogP contribution in [0.4, 0.5) is 0 Å². The Kier molecular flexibility index (Phi) is 4.59. The summed E-state index contributed by atoms with van der Waals surface area (Å²) in [5.74, 6) is 1.66. The number of rotatable bonds is 6. The third-order valence-corrected chi connectivity index (χ3v) is 3.66. The van der Waals surface area contributed by atoms with Crippen molar-refractivity contribution in [2.24, 2.45) is 0 Å². The van der Waals surface area contributed by atoms with Gasteiger partial charge in [-0.3, -0.25) is 4.79 Å². The third-order valence-electron chi connectivity index (χ3n) is 3.66. The van der Waals surface area contributed by atoms with E-state index in [2.05, 4.69) is 5.32 Å². The molecule has 0 unspecified atom stereocenters. The van der Waals surface area contributed by atoms with Gasteiger partial charge in [0.25, 0.3) is 0 Å². The van der Waals surface area contributed by atoms with Gasteiger partial charge >= 0.3 is 0 Å². The molecule has 114 valence electrons. The molecule has 22 heavy (non-hydrogen) atoms. The molecular weight excluding hydrogens is 278 g/mol.